The highest BCUT2D eigenvalue weighted by atomic mass is 19.1. The summed E-state index contributed by atoms with van der Waals surface area (Å²) >= 11 is 0. The number of aliphatic hydroxyl groups is 1. The van der Waals surface area contributed by atoms with Gasteiger partial charge >= 0.3 is 0 Å². The maximum Gasteiger partial charge on any atom is 0.123 e. The van der Waals surface area contributed by atoms with Gasteiger partial charge in [-0.05, 0) is 60.7 Å². The van der Waals surface area contributed by atoms with Crippen molar-refractivity contribution in [3.05, 3.63) is 107 Å². The van der Waals surface area contributed by atoms with Gasteiger partial charge in [0.1, 0.15) is 11.4 Å². The third-order valence-corrected chi connectivity index (χ3v) is 7.55. The first kappa shape index (κ1) is 22.3. The van der Waals surface area contributed by atoms with E-state index >= 15 is 0 Å². The van der Waals surface area contributed by atoms with Gasteiger partial charge in [0.15, 0.2) is 0 Å². The summed E-state index contributed by atoms with van der Waals surface area (Å²) in [6, 6.07) is 27.7. The van der Waals surface area contributed by atoms with Crippen LogP contribution in [0.1, 0.15) is 35.4 Å². The summed E-state index contributed by atoms with van der Waals surface area (Å²) in [5, 5.41) is 11.9. The molecule has 33 heavy (non-hydrogen) atoms. The van der Waals surface area contributed by atoms with Crippen molar-refractivity contribution >= 4 is 0 Å². The van der Waals surface area contributed by atoms with E-state index < -0.39 is 5.60 Å². The summed E-state index contributed by atoms with van der Waals surface area (Å²) in [6.07, 6.45) is 2.30. The quantitative estimate of drug-likeness (QED) is 0.578. The van der Waals surface area contributed by atoms with E-state index in [9.17, 15) is 9.50 Å². The van der Waals surface area contributed by atoms with Crippen LogP contribution >= 0.6 is 0 Å². The Labute approximate surface area is 196 Å². The fourth-order valence-electron chi connectivity index (χ4n) is 5.72. The Bertz CT molecular complexity index is 1020. The molecule has 2 fully saturated rings. The molecular formula is C29H33FN2O. The smallest absolute Gasteiger partial charge is 0.123 e. The van der Waals surface area contributed by atoms with Crippen LogP contribution in [0, 0.1) is 11.7 Å². The molecule has 5 rings (SSSR count). The molecule has 4 heteroatoms. The molecule has 0 amide bonds. The summed E-state index contributed by atoms with van der Waals surface area (Å²) in [4.78, 5) is 4.87. The number of nitrogens with zero attached hydrogens (tertiary/aromatic N) is 2. The van der Waals surface area contributed by atoms with Gasteiger partial charge in [0.2, 0.25) is 0 Å². The first-order chi connectivity index (χ1) is 16.1. The molecule has 172 valence electrons. The number of piperidine rings is 1. The number of hydrogen-bond donors (Lipinski definition) is 1. The topological polar surface area (TPSA) is 26.7 Å². The van der Waals surface area contributed by atoms with E-state index in [-0.39, 0.29) is 11.7 Å². The highest BCUT2D eigenvalue weighted by Gasteiger charge is 2.47. The Morgan fingerprint density at radius 3 is 2.12 bits per heavy atom. The van der Waals surface area contributed by atoms with E-state index in [2.05, 4.69) is 64.4 Å². The molecule has 0 bridgehead atoms. The Hall–Kier alpha value is -2.53. The third kappa shape index (κ3) is 5.03. The largest absolute Gasteiger partial charge is 0.383 e. The summed E-state index contributed by atoms with van der Waals surface area (Å²) in [7, 11) is 0. The van der Waals surface area contributed by atoms with E-state index in [1.165, 1.54) is 23.3 Å². The van der Waals surface area contributed by atoms with Crippen molar-refractivity contribution in [2.45, 2.75) is 30.9 Å². The molecule has 0 aromatic heterocycles. The Kier molecular flexibility index (Phi) is 6.59. The minimum Gasteiger partial charge on any atom is -0.383 e. The van der Waals surface area contributed by atoms with Crippen LogP contribution in [0.5, 0.6) is 0 Å². The lowest BCUT2D eigenvalue weighted by Crippen LogP contribution is -2.44. The van der Waals surface area contributed by atoms with Gasteiger partial charge in [-0.2, -0.15) is 0 Å². The van der Waals surface area contributed by atoms with Crippen LogP contribution in [0.4, 0.5) is 4.39 Å². The molecule has 1 N–H and O–H groups in total. The van der Waals surface area contributed by atoms with Crippen molar-refractivity contribution in [2.75, 3.05) is 32.7 Å². The lowest BCUT2D eigenvalue weighted by atomic mass is 9.82. The Balaban J connectivity index is 1.30. The van der Waals surface area contributed by atoms with Crippen molar-refractivity contribution in [2.24, 2.45) is 5.92 Å². The van der Waals surface area contributed by atoms with E-state index in [0.717, 1.165) is 51.1 Å². The second kappa shape index (κ2) is 9.76. The van der Waals surface area contributed by atoms with Gasteiger partial charge in [-0.15, -0.1) is 0 Å². The SMILES string of the molecule is OC1(c2ccc(F)cc2)CN(Cc2ccccc2)CC1CN1CCC(c2ccccc2)CC1. The maximum atomic E-state index is 13.6. The first-order valence-electron chi connectivity index (χ1n) is 12.1. The number of β-amino-alcohol motifs (C(OH)–C–C–N with tert-alkyl or cyclic N) is 1. The van der Waals surface area contributed by atoms with E-state index in [1.54, 1.807) is 12.1 Å². The van der Waals surface area contributed by atoms with Crippen LogP contribution in [-0.2, 0) is 12.1 Å². The molecule has 0 aliphatic carbocycles. The molecule has 3 aromatic rings. The molecule has 3 aromatic carbocycles. The van der Waals surface area contributed by atoms with Crippen LogP contribution in [0.15, 0.2) is 84.9 Å². The zero-order chi connectivity index (χ0) is 22.7. The second-order valence-corrected chi connectivity index (χ2v) is 9.77. The van der Waals surface area contributed by atoms with E-state index in [0.29, 0.717) is 12.5 Å². The molecule has 3 nitrogen and oxygen atoms in total. The standard InChI is InChI=1S/C29H33FN2O/c30-28-13-11-26(12-14-28)29(33)22-32(19-23-7-3-1-4-8-23)21-27(29)20-31-17-15-25(16-18-31)24-9-5-2-6-10-24/h1-14,25,27,33H,15-22H2. The molecular weight excluding hydrogens is 411 g/mol. The number of rotatable bonds is 6. The molecule has 2 atom stereocenters. The van der Waals surface area contributed by atoms with Crippen molar-refractivity contribution in [3.63, 3.8) is 0 Å². The molecule has 2 heterocycles. The van der Waals surface area contributed by atoms with Crippen LogP contribution in [-0.4, -0.2) is 47.6 Å². The maximum absolute atomic E-state index is 13.6. The molecule has 0 radical (unpaired) electrons. The van der Waals surface area contributed by atoms with E-state index in [4.69, 9.17) is 0 Å². The van der Waals surface area contributed by atoms with Crippen LogP contribution < -0.4 is 0 Å². The van der Waals surface area contributed by atoms with Crippen molar-refractivity contribution in [1.82, 2.24) is 9.80 Å². The van der Waals surface area contributed by atoms with Crippen molar-refractivity contribution < 1.29 is 9.50 Å². The third-order valence-electron chi connectivity index (χ3n) is 7.55. The number of hydrogen-bond acceptors (Lipinski definition) is 3. The van der Waals surface area contributed by atoms with Crippen molar-refractivity contribution in [1.29, 1.82) is 0 Å². The summed E-state index contributed by atoms with van der Waals surface area (Å²) in [5.74, 6) is 0.442. The van der Waals surface area contributed by atoms with Gasteiger partial charge in [0.05, 0.1) is 0 Å². The number of benzene rings is 3. The van der Waals surface area contributed by atoms with Gasteiger partial charge in [0.25, 0.3) is 0 Å². The predicted octanol–water partition coefficient (Wildman–Crippen LogP) is 5.02. The highest BCUT2D eigenvalue weighted by Crippen LogP contribution is 2.39. The zero-order valence-corrected chi connectivity index (χ0v) is 19.1. The average molecular weight is 445 g/mol. The molecule has 2 unspecified atom stereocenters. The summed E-state index contributed by atoms with van der Waals surface area (Å²) < 4.78 is 13.6. The van der Waals surface area contributed by atoms with Gasteiger partial charge in [-0.1, -0.05) is 72.8 Å². The van der Waals surface area contributed by atoms with Gasteiger partial charge in [0, 0.05) is 32.1 Å². The van der Waals surface area contributed by atoms with Crippen LogP contribution in [0.3, 0.4) is 0 Å². The molecule has 2 aliphatic rings. The fourth-order valence-corrected chi connectivity index (χ4v) is 5.72. The Morgan fingerprint density at radius 2 is 1.45 bits per heavy atom. The molecule has 0 spiro atoms. The summed E-state index contributed by atoms with van der Waals surface area (Å²) in [5.41, 5.74) is 2.54. The summed E-state index contributed by atoms with van der Waals surface area (Å²) in [6.45, 7) is 5.18. The minimum absolute atomic E-state index is 0.0833. The normalized spacial score (nSPS) is 24.8. The first-order valence-corrected chi connectivity index (χ1v) is 12.1. The number of halogens is 1. The van der Waals surface area contributed by atoms with Gasteiger partial charge < -0.3 is 10.0 Å². The molecule has 2 aliphatic heterocycles. The second-order valence-electron chi connectivity index (χ2n) is 9.77. The predicted molar refractivity (Wildman–Crippen MR) is 130 cm³/mol. The average Bonchev–Trinajstić information content (AvgIpc) is 3.16. The molecule has 0 saturated carbocycles. The lowest BCUT2D eigenvalue weighted by Gasteiger charge is -2.37. The zero-order valence-electron chi connectivity index (χ0n) is 19.1. The molecule has 2 saturated heterocycles. The van der Waals surface area contributed by atoms with Crippen LogP contribution in [0.25, 0.3) is 0 Å². The monoisotopic (exact) mass is 444 g/mol. The van der Waals surface area contributed by atoms with Gasteiger partial charge in [-0.25, -0.2) is 4.39 Å². The van der Waals surface area contributed by atoms with Crippen molar-refractivity contribution in [3.8, 4) is 0 Å². The Morgan fingerprint density at radius 1 is 0.818 bits per heavy atom. The van der Waals surface area contributed by atoms with E-state index in [1.807, 2.05) is 6.07 Å². The highest BCUT2D eigenvalue weighted by molar-refractivity contribution is 5.27. The minimum atomic E-state index is -0.973. The fraction of sp³-hybridized carbons (Fsp3) is 0.379. The number of likely N-dealkylation sites (tertiary alicyclic amines) is 2. The van der Waals surface area contributed by atoms with Gasteiger partial charge in [-0.3, -0.25) is 4.90 Å². The lowest BCUT2D eigenvalue weighted by molar-refractivity contribution is -0.00794. The van der Waals surface area contributed by atoms with Crippen LogP contribution in [0.2, 0.25) is 0 Å².